The largest absolute Gasteiger partial charge is 0.349 e. The third-order valence-electron chi connectivity index (χ3n) is 7.55. The average Bonchev–Trinajstić information content (AvgIpc) is 3.61. The van der Waals surface area contributed by atoms with Crippen LogP contribution in [-0.4, -0.2) is 59.9 Å². The number of piperidine rings is 1. The highest BCUT2D eigenvalue weighted by atomic mass is 32.2. The summed E-state index contributed by atoms with van der Waals surface area (Å²) in [5, 5.41) is 8.04. The van der Waals surface area contributed by atoms with Crippen molar-refractivity contribution < 1.29 is 13.2 Å². The Kier molecular flexibility index (Phi) is 8.62. The number of hydrogen-bond acceptors (Lipinski definition) is 6. The summed E-state index contributed by atoms with van der Waals surface area (Å²) < 4.78 is 27.3. The van der Waals surface area contributed by atoms with Gasteiger partial charge < -0.3 is 10.2 Å². The first kappa shape index (κ1) is 27.3. The molecule has 2 aromatic carbocycles. The summed E-state index contributed by atoms with van der Waals surface area (Å²) in [6, 6.07) is 18.0. The molecule has 208 valence electrons. The van der Waals surface area contributed by atoms with Crippen molar-refractivity contribution in [3.8, 4) is 0 Å². The van der Waals surface area contributed by atoms with Gasteiger partial charge in [-0.05, 0) is 61.3 Å². The van der Waals surface area contributed by atoms with E-state index in [9.17, 15) is 13.2 Å². The summed E-state index contributed by atoms with van der Waals surface area (Å²) in [7, 11) is -3.29. The number of benzene rings is 2. The van der Waals surface area contributed by atoms with Crippen LogP contribution in [0.2, 0.25) is 0 Å². The SMILES string of the molecule is CS(=O)(=O)Nc1ccc(Cc2ncn(C3CCN(CC[C@H](NC(=O)CC4CC4)c4ccccc4)CC3)n2)cc1. The molecule has 1 saturated carbocycles. The second kappa shape index (κ2) is 12.3. The molecule has 0 radical (unpaired) electrons. The van der Waals surface area contributed by atoms with E-state index in [1.165, 1.54) is 18.4 Å². The van der Waals surface area contributed by atoms with Gasteiger partial charge in [0.1, 0.15) is 6.33 Å². The summed E-state index contributed by atoms with van der Waals surface area (Å²) in [5.74, 6) is 1.52. The lowest BCUT2D eigenvalue weighted by Gasteiger charge is -2.33. The third kappa shape index (κ3) is 8.37. The van der Waals surface area contributed by atoms with Crippen molar-refractivity contribution in [2.24, 2.45) is 5.92 Å². The van der Waals surface area contributed by atoms with Gasteiger partial charge in [-0.3, -0.25) is 9.52 Å². The number of aromatic nitrogens is 3. The van der Waals surface area contributed by atoms with Gasteiger partial charge in [-0.1, -0.05) is 42.5 Å². The molecule has 1 aliphatic heterocycles. The highest BCUT2D eigenvalue weighted by molar-refractivity contribution is 7.92. The quantitative estimate of drug-likeness (QED) is 0.354. The summed E-state index contributed by atoms with van der Waals surface area (Å²) >= 11 is 0. The van der Waals surface area contributed by atoms with E-state index in [0.717, 1.165) is 56.5 Å². The maximum absolute atomic E-state index is 12.5. The molecule has 3 aromatic rings. The van der Waals surface area contributed by atoms with Crippen LogP contribution in [-0.2, 0) is 21.2 Å². The maximum atomic E-state index is 12.5. The maximum Gasteiger partial charge on any atom is 0.229 e. The third-order valence-corrected chi connectivity index (χ3v) is 8.16. The smallest absolute Gasteiger partial charge is 0.229 e. The van der Waals surface area contributed by atoms with Crippen LogP contribution in [0.3, 0.4) is 0 Å². The summed E-state index contributed by atoms with van der Waals surface area (Å²) in [5.41, 5.74) is 2.74. The highest BCUT2D eigenvalue weighted by Gasteiger charge is 2.27. The topological polar surface area (TPSA) is 109 Å². The minimum Gasteiger partial charge on any atom is -0.349 e. The predicted octanol–water partition coefficient (Wildman–Crippen LogP) is 3.93. The molecule has 10 heteroatoms. The van der Waals surface area contributed by atoms with Crippen molar-refractivity contribution in [3.05, 3.63) is 77.9 Å². The number of rotatable bonds is 12. The lowest BCUT2D eigenvalue weighted by molar-refractivity contribution is -0.122. The normalized spacial score (nSPS) is 17.6. The van der Waals surface area contributed by atoms with E-state index in [-0.39, 0.29) is 11.9 Å². The first-order chi connectivity index (χ1) is 18.8. The zero-order valence-electron chi connectivity index (χ0n) is 22.5. The fourth-order valence-electron chi connectivity index (χ4n) is 5.22. The molecule has 2 aliphatic rings. The Bertz CT molecular complexity index is 1330. The number of sulfonamides is 1. The van der Waals surface area contributed by atoms with Gasteiger partial charge in [-0.2, -0.15) is 5.10 Å². The lowest BCUT2D eigenvalue weighted by Crippen LogP contribution is -2.37. The van der Waals surface area contributed by atoms with Gasteiger partial charge in [0.05, 0.1) is 18.3 Å². The number of nitrogens with zero attached hydrogens (tertiary/aromatic N) is 4. The number of hydrogen-bond donors (Lipinski definition) is 2. The Labute approximate surface area is 231 Å². The molecule has 5 rings (SSSR count). The van der Waals surface area contributed by atoms with Crippen molar-refractivity contribution in [2.75, 3.05) is 30.6 Å². The van der Waals surface area contributed by atoms with Crippen molar-refractivity contribution >= 4 is 21.6 Å². The summed E-state index contributed by atoms with van der Waals surface area (Å²) in [6.45, 7) is 2.93. The van der Waals surface area contributed by atoms with Gasteiger partial charge >= 0.3 is 0 Å². The number of amides is 1. The lowest BCUT2D eigenvalue weighted by atomic mass is 10.0. The van der Waals surface area contributed by atoms with Crippen molar-refractivity contribution in [1.82, 2.24) is 25.0 Å². The fraction of sp³-hybridized carbons (Fsp3) is 0.483. The van der Waals surface area contributed by atoms with Crippen molar-refractivity contribution in [2.45, 2.75) is 57.0 Å². The molecule has 1 saturated heterocycles. The zero-order valence-corrected chi connectivity index (χ0v) is 23.3. The van der Waals surface area contributed by atoms with Crippen LogP contribution >= 0.6 is 0 Å². The van der Waals surface area contributed by atoms with E-state index in [1.807, 2.05) is 41.3 Å². The Balaban J connectivity index is 1.10. The minimum atomic E-state index is -3.29. The molecule has 2 N–H and O–H groups in total. The molecule has 1 amide bonds. The molecule has 1 atom stereocenters. The Hall–Kier alpha value is -3.24. The monoisotopic (exact) mass is 550 g/mol. The van der Waals surface area contributed by atoms with Crippen LogP contribution in [0.4, 0.5) is 5.69 Å². The van der Waals surface area contributed by atoms with E-state index < -0.39 is 10.0 Å². The Morgan fingerprint density at radius 3 is 2.41 bits per heavy atom. The number of nitrogens with one attached hydrogen (secondary N) is 2. The van der Waals surface area contributed by atoms with Gasteiger partial charge in [0, 0.05) is 38.2 Å². The zero-order chi connectivity index (χ0) is 27.2. The molecule has 1 aromatic heterocycles. The number of likely N-dealkylation sites (tertiary alicyclic amines) is 1. The summed E-state index contributed by atoms with van der Waals surface area (Å²) in [6.07, 6.45) is 9.51. The minimum absolute atomic E-state index is 0.0456. The van der Waals surface area contributed by atoms with E-state index in [1.54, 1.807) is 12.1 Å². The first-order valence-corrected chi connectivity index (χ1v) is 15.7. The first-order valence-electron chi connectivity index (χ1n) is 13.8. The van der Waals surface area contributed by atoms with E-state index in [4.69, 9.17) is 5.10 Å². The molecule has 39 heavy (non-hydrogen) atoms. The summed E-state index contributed by atoms with van der Waals surface area (Å²) in [4.78, 5) is 19.6. The average molecular weight is 551 g/mol. The van der Waals surface area contributed by atoms with E-state index in [0.29, 0.717) is 30.5 Å². The van der Waals surface area contributed by atoms with Crippen LogP contribution in [0.25, 0.3) is 0 Å². The van der Waals surface area contributed by atoms with E-state index in [2.05, 4.69) is 32.1 Å². The molecular weight excluding hydrogens is 512 g/mol. The number of carbonyl (C=O) groups excluding carboxylic acids is 1. The van der Waals surface area contributed by atoms with E-state index >= 15 is 0 Å². The predicted molar refractivity (Wildman–Crippen MR) is 152 cm³/mol. The molecule has 0 spiro atoms. The van der Waals surface area contributed by atoms with Crippen LogP contribution < -0.4 is 10.0 Å². The van der Waals surface area contributed by atoms with Crippen LogP contribution in [0, 0.1) is 5.92 Å². The van der Waals surface area contributed by atoms with Crippen LogP contribution in [0.5, 0.6) is 0 Å². The fourth-order valence-corrected chi connectivity index (χ4v) is 5.78. The molecule has 1 aliphatic carbocycles. The van der Waals surface area contributed by atoms with Gasteiger partial charge in [0.2, 0.25) is 15.9 Å². The van der Waals surface area contributed by atoms with Crippen molar-refractivity contribution in [3.63, 3.8) is 0 Å². The molecule has 2 fully saturated rings. The van der Waals surface area contributed by atoms with Crippen molar-refractivity contribution in [1.29, 1.82) is 0 Å². The van der Waals surface area contributed by atoms with Gasteiger partial charge in [0.25, 0.3) is 0 Å². The molecule has 9 nitrogen and oxygen atoms in total. The molecule has 2 heterocycles. The molecule has 0 unspecified atom stereocenters. The van der Waals surface area contributed by atoms with Gasteiger partial charge in [0.15, 0.2) is 5.82 Å². The highest BCUT2D eigenvalue weighted by Crippen LogP contribution is 2.32. The van der Waals surface area contributed by atoms with Crippen LogP contribution in [0.1, 0.15) is 67.6 Å². The van der Waals surface area contributed by atoms with Gasteiger partial charge in [-0.25, -0.2) is 18.1 Å². The molecular formula is C29H38N6O3S. The van der Waals surface area contributed by atoms with Crippen LogP contribution in [0.15, 0.2) is 60.9 Å². The van der Waals surface area contributed by atoms with Gasteiger partial charge in [-0.15, -0.1) is 0 Å². The second-order valence-corrected chi connectivity index (χ2v) is 12.7. The number of carbonyl (C=O) groups is 1. The number of anilines is 1. The molecule has 0 bridgehead atoms. The standard InChI is InChI=1S/C29H38N6O3S/c1-39(37,38)33-25-11-9-22(10-12-25)19-28-30-21-35(32-28)26-13-16-34(17-14-26)18-15-27(24-5-3-2-4-6-24)31-29(36)20-23-7-8-23/h2-6,9-12,21,23,26-27,33H,7-8,13-20H2,1H3,(H,31,36)/t27-/m0/s1. The second-order valence-electron chi connectivity index (χ2n) is 10.9. The Morgan fingerprint density at radius 1 is 1.03 bits per heavy atom. The Morgan fingerprint density at radius 2 is 1.74 bits per heavy atom.